The molecule has 0 bridgehead atoms. The molecule has 0 saturated carbocycles. The van der Waals surface area contributed by atoms with Gasteiger partial charge in [-0.3, -0.25) is 14.4 Å². The maximum absolute atomic E-state index is 11.8. The van der Waals surface area contributed by atoms with Crippen LogP contribution in [0.4, 0.5) is 0 Å². The Morgan fingerprint density at radius 3 is 1.67 bits per heavy atom. The monoisotopic (exact) mass is 288 g/mol. The number of carbonyl (C=O) groups is 3. The molecule has 0 saturated heterocycles. The molecule has 3 nitrogen and oxygen atoms in total. The van der Waals surface area contributed by atoms with Gasteiger partial charge in [-0.1, -0.05) is 20.8 Å². The van der Waals surface area contributed by atoms with Crippen LogP contribution < -0.4 is 0 Å². The van der Waals surface area contributed by atoms with Crippen LogP contribution in [0.3, 0.4) is 0 Å². The Kier molecular flexibility index (Phi) is 7.46. The molecule has 0 aliphatic rings. The molecule has 0 radical (unpaired) electrons. The fourth-order valence-electron chi connectivity index (χ4n) is 1.23. The van der Waals surface area contributed by atoms with E-state index in [2.05, 4.69) is 0 Å². The van der Waals surface area contributed by atoms with Crippen LogP contribution in [0.1, 0.15) is 41.0 Å². The van der Waals surface area contributed by atoms with Crippen molar-refractivity contribution in [2.45, 2.75) is 41.0 Å². The summed E-state index contributed by atoms with van der Waals surface area (Å²) >= 11 is 0. The van der Waals surface area contributed by atoms with E-state index in [9.17, 15) is 14.4 Å². The third kappa shape index (κ3) is 6.14. The summed E-state index contributed by atoms with van der Waals surface area (Å²) in [6.07, 6.45) is 0.0332. The molecule has 0 N–H and O–H groups in total. The predicted molar refractivity (Wildman–Crippen MR) is 53.9 cm³/mol. The molecule has 1 unspecified atom stereocenters. The predicted octanol–water partition coefficient (Wildman–Crippen LogP) is 1.78. The van der Waals surface area contributed by atoms with Crippen LogP contribution in [-0.4, -0.2) is 17.3 Å². The molecule has 84 valence electrons. The van der Waals surface area contributed by atoms with E-state index in [4.69, 9.17) is 0 Å². The van der Waals surface area contributed by atoms with E-state index < -0.39 is 11.3 Å². The maximum atomic E-state index is 11.8. The maximum Gasteiger partial charge on any atom is 0.149 e. The first-order valence-electron chi connectivity index (χ1n) is 4.70. The summed E-state index contributed by atoms with van der Waals surface area (Å²) in [6.45, 7) is 8.02. The average Bonchev–Trinajstić information content (AvgIpc) is 1.96. The molecule has 0 aromatic heterocycles. The minimum Gasteiger partial charge on any atom is -0.300 e. The van der Waals surface area contributed by atoms with Gasteiger partial charge in [0.25, 0.3) is 0 Å². The minimum absolute atomic E-state index is 0. The fraction of sp³-hybridized carbons (Fsp3) is 0.727. The van der Waals surface area contributed by atoms with Gasteiger partial charge in [-0.15, -0.1) is 0 Å². The van der Waals surface area contributed by atoms with Gasteiger partial charge < -0.3 is 0 Å². The molecule has 0 aliphatic carbocycles. The van der Waals surface area contributed by atoms with Crippen LogP contribution >= 0.6 is 0 Å². The normalized spacial score (nSPS) is 12.6. The van der Waals surface area contributed by atoms with Gasteiger partial charge in [-0.2, -0.15) is 0 Å². The molecule has 0 rings (SSSR count). The zero-order chi connectivity index (χ0) is 11.5. The molecular weight excluding hydrogens is 271 g/mol. The molecular formula is C11H18O3Zr. The smallest absolute Gasteiger partial charge is 0.149 e. The molecule has 0 heterocycles. The van der Waals surface area contributed by atoms with Crippen molar-refractivity contribution in [3.05, 3.63) is 0 Å². The van der Waals surface area contributed by atoms with Crippen LogP contribution in [0.15, 0.2) is 0 Å². The van der Waals surface area contributed by atoms with Gasteiger partial charge >= 0.3 is 0 Å². The van der Waals surface area contributed by atoms with Crippen LogP contribution in [0.25, 0.3) is 0 Å². The fourth-order valence-corrected chi connectivity index (χ4v) is 1.23. The molecule has 1 atom stereocenters. The Morgan fingerprint density at radius 2 is 1.47 bits per heavy atom. The van der Waals surface area contributed by atoms with E-state index in [0.29, 0.717) is 0 Å². The number of Topliss-reactive ketones (excluding diaryl/α,β-unsaturated/α-hetero) is 3. The first kappa shape index (κ1) is 17.3. The summed E-state index contributed by atoms with van der Waals surface area (Å²) in [5.41, 5.74) is -0.564. The van der Waals surface area contributed by atoms with E-state index in [-0.39, 0.29) is 50.0 Å². The van der Waals surface area contributed by atoms with Crippen LogP contribution in [0.2, 0.25) is 0 Å². The molecule has 0 amide bonds. The summed E-state index contributed by atoms with van der Waals surface area (Å²) < 4.78 is 0. The Bertz CT molecular complexity index is 263. The van der Waals surface area contributed by atoms with E-state index in [0.717, 1.165) is 0 Å². The number of hydrogen-bond acceptors (Lipinski definition) is 3. The third-order valence-corrected chi connectivity index (χ3v) is 2.04. The third-order valence-electron chi connectivity index (χ3n) is 2.04. The molecule has 0 spiro atoms. The molecule has 0 fully saturated rings. The molecule has 0 aromatic rings. The second-order valence-corrected chi connectivity index (χ2v) is 4.68. The van der Waals surface area contributed by atoms with Crippen molar-refractivity contribution in [1.82, 2.24) is 0 Å². The number of carbonyl (C=O) groups excluding carboxylic acids is 3. The van der Waals surface area contributed by atoms with Crippen molar-refractivity contribution in [2.24, 2.45) is 11.3 Å². The van der Waals surface area contributed by atoms with E-state index in [1.165, 1.54) is 13.8 Å². The largest absolute Gasteiger partial charge is 0.300 e. The summed E-state index contributed by atoms with van der Waals surface area (Å²) in [7, 11) is 0. The van der Waals surface area contributed by atoms with Gasteiger partial charge in [0.15, 0.2) is 0 Å². The van der Waals surface area contributed by atoms with Gasteiger partial charge in [0.2, 0.25) is 0 Å². The van der Waals surface area contributed by atoms with Crippen molar-refractivity contribution in [2.75, 3.05) is 0 Å². The molecule has 4 heteroatoms. The van der Waals surface area contributed by atoms with Gasteiger partial charge in [0.1, 0.15) is 17.3 Å². The van der Waals surface area contributed by atoms with Crippen LogP contribution in [0.5, 0.6) is 0 Å². The van der Waals surface area contributed by atoms with Gasteiger partial charge in [-0.05, 0) is 13.8 Å². The first-order valence-corrected chi connectivity index (χ1v) is 4.70. The quantitative estimate of drug-likeness (QED) is 0.741. The topological polar surface area (TPSA) is 51.2 Å². The van der Waals surface area contributed by atoms with Gasteiger partial charge in [-0.25, -0.2) is 0 Å². The van der Waals surface area contributed by atoms with Crippen molar-refractivity contribution in [3.63, 3.8) is 0 Å². The second kappa shape index (κ2) is 6.47. The Morgan fingerprint density at radius 1 is 1.07 bits per heavy atom. The van der Waals surface area contributed by atoms with Crippen LogP contribution in [-0.2, 0) is 40.6 Å². The number of ketones is 3. The summed E-state index contributed by atoms with van der Waals surface area (Å²) in [5.74, 6) is -1.25. The molecule has 0 aromatic carbocycles. The summed E-state index contributed by atoms with van der Waals surface area (Å²) in [5, 5.41) is 0. The molecule has 0 aliphatic heterocycles. The van der Waals surface area contributed by atoms with Crippen molar-refractivity contribution in [3.8, 4) is 0 Å². The van der Waals surface area contributed by atoms with Crippen LogP contribution in [0, 0.1) is 11.3 Å². The van der Waals surface area contributed by atoms with E-state index in [1.807, 2.05) is 0 Å². The first-order chi connectivity index (χ1) is 6.16. The standard InChI is InChI=1S/C11H18O3.Zr/c1-7(12)6-9(8(2)13)10(14)11(3,4)5;/h9H,6H2,1-5H3;. The number of hydrogen-bond donors (Lipinski definition) is 0. The SMILES string of the molecule is CC(=O)CC(C(C)=O)C(=O)C(C)(C)C.[Zr]. The zero-order valence-corrected chi connectivity index (χ0v) is 12.5. The Balaban J connectivity index is 0. The Labute approximate surface area is 110 Å². The minimum atomic E-state index is -0.757. The zero-order valence-electron chi connectivity index (χ0n) is 10.0. The molecule has 15 heavy (non-hydrogen) atoms. The second-order valence-electron chi connectivity index (χ2n) is 4.68. The number of rotatable bonds is 4. The van der Waals surface area contributed by atoms with Crippen molar-refractivity contribution >= 4 is 17.3 Å². The van der Waals surface area contributed by atoms with Gasteiger partial charge in [0, 0.05) is 38.0 Å². The van der Waals surface area contributed by atoms with Crippen molar-refractivity contribution < 1.29 is 40.6 Å². The van der Waals surface area contributed by atoms with Gasteiger partial charge in [0.05, 0.1) is 5.92 Å². The van der Waals surface area contributed by atoms with Crippen molar-refractivity contribution in [1.29, 1.82) is 0 Å². The summed E-state index contributed by atoms with van der Waals surface area (Å²) in [6, 6.07) is 0. The Hall–Kier alpha value is -0.107. The average molecular weight is 289 g/mol. The van der Waals surface area contributed by atoms with E-state index in [1.54, 1.807) is 20.8 Å². The summed E-state index contributed by atoms with van der Waals surface area (Å²) in [4.78, 5) is 33.8. The van der Waals surface area contributed by atoms with E-state index >= 15 is 0 Å².